The van der Waals surface area contributed by atoms with E-state index in [9.17, 15) is 9.59 Å². The summed E-state index contributed by atoms with van der Waals surface area (Å²) in [6.45, 7) is 1.55. The number of hydrogen-bond acceptors (Lipinski definition) is 4. The molecule has 2 amide bonds. The van der Waals surface area contributed by atoms with Gasteiger partial charge in [0.05, 0.1) is 5.41 Å². The molecule has 18 heavy (non-hydrogen) atoms. The van der Waals surface area contributed by atoms with E-state index >= 15 is 0 Å². The maximum Gasteiger partial charge on any atom is 0.233 e. The highest BCUT2D eigenvalue weighted by Gasteiger charge is 2.48. The summed E-state index contributed by atoms with van der Waals surface area (Å²) in [4.78, 5) is 29.6. The van der Waals surface area contributed by atoms with Gasteiger partial charge < -0.3 is 4.90 Å². The maximum atomic E-state index is 11.8. The van der Waals surface area contributed by atoms with Crippen molar-refractivity contribution in [3.05, 3.63) is 24.4 Å². The van der Waals surface area contributed by atoms with E-state index in [0.717, 1.165) is 31.7 Å². The zero-order valence-corrected chi connectivity index (χ0v) is 10.1. The Kier molecular flexibility index (Phi) is 2.54. The second-order valence-corrected chi connectivity index (χ2v) is 5.01. The first-order chi connectivity index (χ1) is 8.70. The Morgan fingerprint density at radius 1 is 1.22 bits per heavy atom. The minimum atomic E-state index is -0.456. The number of aromatic nitrogens is 1. The van der Waals surface area contributed by atoms with Crippen molar-refractivity contribution < 1.29 is 9.59 Å². The van der Waals surface area contributed by atoms with E-state index in [4.69, 9.17) is 0 Å². The minimum absolute atomic E-state index is 0.0897. The van der Waals surface area contributed by atoms with Gasteiger partial charge in [0, 0.05) is 25.7 Å². The molecule has 2 aliphatic heterocycles. The molecule has 0 unspecified atom stereocenters. The first-order valence-corrected chi connectivity index (χ1v) is 6.20. The lowest BCUT2D eigenvalue weighted by Crippen LogP contribution is -2.44. The van der Waals surface area contributed by atoms with Crippen LogP contribution >= 0.6 is 0 Å². The van der Waals surface area contributed by atoms with E-state index in [1.54, 1.807) is 6.20 Å². The molecule has 5 heteroatoms. The lowest BCUT2D eigenvalue weighted by Gasteiger charge is -2.37. The van der Waals surface area contributed by atoms with Gasteiger partial charge in [-0.05, 0) is 25.0 Å². The number of piperidine rings is 1. The second-order valence-electron chi connectivity index (χ2n) is 5.01. The molecule has 5 nitrogen and oxygen atoms in total. The van der Waals surface area contributed by atoms with Crippen LogP contribution in [-0.4, -0.2) is 29.9 Å². The molecule has 3 heterocycles. The molecule has 0 aromatic carbocycles. The Hall–Kier alpha value is -1.91. The van der Waals surface area contributed by atoms with E-state index < -0.39 is 5.41 Å². The fraction of sp³-hybridized carbons (Fsp3) is 0.462. The topological polar surface area (TPSA) is 62.3 Å². The van der Waals surface area contributed by atoms with Crippen molar-refractivity contribution in [2.24, 2.45) is 5.41 Å². The van der Waals surface area contributed by atoms with Gasteiger partial charge in [-0.1, -0.05) is 6.07 Å². The third-order valence-electron chi connectivity index (χ3n) is 3.93. The molecule has 0 saturated carbocycles. The third-order valence-corrected chi connectivity index (χ3v) is 3.93. The number of imide groups is 1. The summed E-state index contributed by atoms with van der Waals surface area (Å²) < 4.78 is 0. The molecule has 0 bridgehead atoms. The molecule has 1 aromatic rings. The Morgan fingerprint density at radius 3 is 2.56 bits per heavy atom. The molecule has 0 atom stereocenters. The number of amides is 2. The molecule has 2 fully saturated rings. The Balaban J connectivity index is 1.72. The Morgan fingerprint density at radius 2 is 2.00 bits per heavy atom. The largest absolute Gasteiger partial charge is 0.357 e. The smallest absolute Gasteiger partial charge is 0.233 e. The van der Waals surface area contributed by atoms with Crippen molar-refractivity contribution >= 4 is 17.6 Å². The number of hydrogen-bond donors (Lipinski definition) is 1. The van der Waals surface area contributed by atoms with Gasteiger partial charge in [0.1, 0.15) is 5.82 Å². The standard InChI is InChI=1S/C13H15N3O2/c17-11-9-13(12(18)15-11)4-7-16(8-5-13)10-3-1-2-6-14-10/h1-3,6H,4-5,7-9H2,(H,15,17,18). The Bertz CT molecular complexity index is 478. The molecule has 0 radical (unpaired) electrons. The number of rotatable bonds is 1. The highest BCUT2D eigenvalue weighted by Crippen LogP contribution is 2.39. The molecular weight excluding hydrogens is 230 g/mol. The first-order valence-electron chi connectivity index (χ1n) is 6.20. The minimum Gasteiger partial charge on any atom is -0.357 e. The molecule has 94 valence electrons. The zero-order valence-electron chi connectivity index (χ0n) is 10.1. The van der Waals surface area contributed by atoms with Gasteiger partial charge in [-0.25, -0.2) is 4.98 Å². The summed E-state index contributed by atoms with van der Waals surface area (Å²) in [6, 6.07) is 5.81. The van der Waals surface area contributed by atoms with Crippen LogP contribution in [-0.2, 0) is 9.59 Å². The van der Waals surface area contributed by atoms with Crippen LogP contribution in [0.3, 0.4) is 0 Å². The highest BCUT2D eigenvalue weighted by molar-refractivity contribution is 6.05. The average Bonchev–Trinajstić information content (AvgIpc) is 2.66. The normalized spacial score (nSPS) is 22.3. The van der Waals surface area contributed by atoms with Crippen molar-refractivity contribution in [3.63, 3.8) is 0 Å². The van der Waals surface area contributed by atoms with Crippen LogP contribution in [0.1, 0.15) is 19.3 Å². The van der Waals surface area contributed by atoms with Gasteiger partial charge in [-0.3, -0.25) is 14.9 Å². The molecule has 1 aromatic heterocycles. The van der Waals surface area contributed by atoms with Crippen LogP contribution in [0.5, 0.6) is 0 Å². The van der Waals surface area contributed by atoms with Crippen LogP contribution < -0.4 is 10.2 Å². The molecule has 0 aliphatic carbocycles. The van der Waals surface area contributed by atoms with Crippen LogP contribution in [0.2, 0.25) is 0 Å². The van der Waals surface area contributed by atoms with Crippen molar-refractivity contribution in [3.8, 4) is 0 Å². The molecule has 1 N–H and O–H groups in total. The fourth-order valence-corrected chi connectivity index (χ4v) is 2.80. The van der Waals surface area contributed by atoms with E-state index in [0.29, 0.717) is 6.42 Å². The number of nitrogens with one attached hydrogen (secondary N) is 1. The molecule has 2 aliphatic rings. The Labute approximate surface area is 105 Å². The van der Waals surface area contributed by atoms with E-state index in [1.165, 1.54) is 0 Å². The molecule has 2 saturated heterocycles. The van der Waals surface area contributed by atoms with Crippen LogP contribution in [0.4, 0.5) is 5.82 Å². The van der Waals surface area contributed by atoms with E-state index in [1.807, 2.05) is 18.2 Å². The van der Waals surface area contributed by atoms with Gasteiger partial charge in [0.15, 0.2) is 0 Å². The SMILES string of the molecule is O=C1CC2(CCN(c3ccccn3)CC2)C(=O)N1. The highest BCUT2D eigenvalue weighted by atomic mass is 16.2. The number of carbonyl (C=O) groups is 2. The van der Waals surface area contributed by atoms with Gasteiger partial charge in [0.2, 0.25) is 11.8 Å². The summed E-state index contributed by atoms with van der Waals surface area (Å²) in [7, 11) is 0. The average molecular weight is 245 g/mol. The van der Waals surface area contributed by atoms with Gasteiger partial charge in [0.25, 0.3) is 0 Å². The fourth-order valence-electron chi connectivity index (χ4n) is 2.80. The third kappa shape index (κ3) is 1.75. The number of pyridine rings is 1. The zero-order chi connectivity index (χ0) is 12.6. The van der Waals surface area contributed by atoms with Gasteiger partial charge in [-0.2, -0.15) is 0 Å². The van der Waals surface area contributed by atoms with Gasteiger partial charge in [-0.15, -0.1) is 0 Å². The number of carbonyl (C=O) groups excluding carboxylic acids is 2. The lowest BCUT2D eigenvalue weighted by atomic mass is 9.77. The van der Waals surface area contributed by atoms with Crippen molar-refractivity contribution in [2.75, 3.05) is 18.0 Å². The predicted octanol–water partition coefficient (Wildman–Crippen LogP) is 0.715. The van der Waals surface area contributed by atoms with E-state index in [-0.39, 0.29) is 11.8 Å². The van der Waals surface area contributed by atoms with Crippen LogP contribution in [0.25, 0.3) is 0 Å². The summed E-state index contributed by atoms with van der Waals surface area (Å²) >= 11 is 0. The molecular formula is C13H15N3O2. The van der Waals surface area contributed by atoms with Crippen LogP contribution in [0.15, 0.2) is 24.4 Å². The lowest BCUT2D eigenvalue weighted by molar-refractivity contribution is -0.129. The first kappa shape index (κ1) is 11.2. The molecule has 3 rings (SSSR count). The molecule has 1 spiro atoms. The summed E-state index contributed by atoms with van der Waals surface area (Å²) in [5.74, 6) is 0.719. The van der Waals surface area contributed by atoms with Crippen molar-refractivity contribution in [2.45, 2.75) is 19.3 Å². The van der Waals surface area contributed by atoms with Gasteiger partial charge >= 0.3 is 0 Å². The van der Waals surface area contributed by atoms with Crippen LogP contribution in [0, 0.1) is 5.41 Å². The van der Waals surface area contributed by atoms with Crippen molar-refractivity contribution in [1.82, 2.24) is 10.3 Å². The summed E-state index contributed by atoms with van der Waals surface area (Å²) in [6.07, 6.45) is 3.57. The van der Waals surface area contributed by atoms with E-state index in [2.05, 4.69) is 15.2 Å². The quantitative estimate of drug-likeness (QED) is 0.740. The summed E-state index contributed by atoms with van der Waals surface area (Å²) in [5.41, 5.74) is -0.456. The van der Waals surface area contributed by atoms with Crippen molar-refractivity contribution in [1.29, 1.82) is 0 Å². The number of anilines is 1. The second kappa shape index (κ2) is 4.08. The predicted molar refractivity (Wildman–Crippen MR) is 65.9 cm³/mol. The summed E-state index contributed by atoms with van der Waals surface area (Å²) in [5, 5.41) is 2.42. The number of nitrogens with zero attached hydrogens (tertiary/aromatic N) is 2. The maximum absolute atomic E-state index is 11.8. The monoisotopic (exact) mass is 245 g/mol.